The summed E-state index contributed by atoms with van der Waals surface area (Å²) < 4.78 is 52.6. The van der Waals surface area contributed by atoms with E-state index in [4.69, 9.17) is 21.1 Å². The topological polar surface area (TPSA) is 81.7 Å². The van der Waals surface area contributed by atoms with Gasteiger partial charge >= 0.3 is 0 Å². The van der Waals surface area contributed by atoms with Gasteiger partial charge in [0.1, 0.15) is 17.3 Å². The largest absolute Gasteiger partial charge is 0.492 e. The summed E-state index contributed by atoms with van der Waals surface area (Å²) in [4.78, 5) is 12.3. The predicted molar refractivity (Wildman–Crippen MR) is 114 cm³/mol. The van der Waals surface area contributed by atoms with Crippen molar-refractivity contribution >= 4 is 27.5 Å². The van der Waals surface area contributed by atoms with Crippen molar-refractivity contribution in [1.82, 2.24) is 4.72 Å². The number of amides is 1. The summed E-state index contributed by atoms with van der Waals surface area (Å²) in [6, 6.07) is 7.80. The Bertz CT molecular complexity index is 1060. The first-order valence-electron chi connectivity index (χ1n) is 10.3. The van der Waals surface area contributed by atoms with Crippen molar-refractivity contribution < 1.29 is 27.1 Å². The second kappa shape index (κ2) is 9.04. The van der Waals surface area contributed by atoms with Gasteiger partial charge in [0.05, 0.1) is 28.2 Å². The molecular formula is C22H23ClFNO5S. The molecule has 2 fully saturated rings. The first-order chi connectivity index (χ1) is 14.8. The molecule has 0 unspecified atom stereocenters. The second-order valence-corrected chi connectivity index (χ2v) is 10.0. The zero-order valence-corrected chi connectivity index (χ0v) is 18.3. The quantitative estimate of drug-likeness (QED) is 0.608. The Morgan fingerprint density at radius 3 is 2.42 bits per heavy atom. The van der Waals surface area contributed by atoms with Gasteiger partial charge in [0.2, 0.25) is 0 Å². The van der Waals surface area contributed by atoms with E-state index in [2.05, 4.69) is 0 Å². The van der Waals surface area contributed by atoms with Crippen LogP contribution in [0, 0.1) is 11.7 Å². The molecule has 0 heterocycles. The summed E-state index contributed by atoms with van der Waals surface area (Å²) in [5, 5.41) is 0.0449. The molecule has 6 nitrogen and oxygen atoms in total. The third-order valence-electron chi connectivity index (χ3n) is 5.40. The second-order valence-electron chi connectivity index (χ2n) is 7.95. The van der Waals surface area contributed by atoms with Crippen molar-refractivity contribution in [2.45, 2.75) is 49.5 Å². The molecule has 1 N–H and O–H groups in total. The van der Waals surface area contributed by atoms with Crippen LogP contribution in [0.3, 0.4) is 0 Å². The van der Waals surface area contributed by atoms with Crippen LogP contribution in [0.4, 0.5) is 4.39 Å². The minimum absolute atomic E-state index is 0.0449. The Hall–Kier alpha value is -2.32. The molecule has 2 aromatic carbocycles. The highest BCUT2D eigenvalue weighted by Crippen LogP contribution is 2.31. The zero-order chi connectivity index (χ0) is 22.0. The van der Waals surface area contributed by atoms with Gasteiger partial charge in [-0.1, -0.05) is 24.4 Å². The molecular weight excluding hydrogens is 445 g/mol. The van der Waals surface area contributed by atoms with E-state index in [-0.39, 0.29) is 21.8 Å². The smallest absolute Gasteiger partial charge is 0.268 e. The van der Waals surface area contributed by atoms with Gasteiger partial charge in [0.25, 0.3) is 15.9 Å². The molecule has 2 aliphatic carbocycles. The van der Waals surface area contributed by atoms with Gasteiger partial charge in [0.15, 0.2) is 0 Å². The summed E-state index contributed by atoms with van der Waals surface area (Å²) in [6.07, 6.45) is 6.57. The fourth-order valence-corrected chi connectivity index (χ4v) is 4.69. The molecule has 2 saturated carbocycles. The van der Waals surface area contributed by atoms with E-state index >= 15 is 0 Å². The molecule has 0 spiro atoms. The lowest BCUT2D eigenvalue weighted by molar-refractivity contribution is 0.0977. The van der Waals surface area contributed by atoms with Crippen molar-refractivity contribution in [2.24, 2.45) is 5.92 Å². The van der Waals surface area contributed by atoms with Gasteiger partial charge in [-0.3, -0.25) is 4.79 Å². The molecule has 0 bridgehead atoms. The third-order valence-corrected chi connectivity index (χ3v) is 7.05. The number of sulfonamides is 1. The van der Waals surface area contributed by atoms with Crippen molar-refractivity contribution in [3.63, 3.8) is 0 Å². The van der Waals surface area contributed by atoms with E-state index in [9.17, 15) is 17.6 Å². The molecule has 0 saturated heterocycles. The maximum atomic E-state index is 14.5. The van der Waals surface area contributed by atoms with Gasteiger partial charge in [-0.25, -0.2) is 17.5 Å². The SMILES string of the molecule is O=C(NS(=O)(=O)c1ccc(OC2CC2)cc1)c1cc(Cl)c(OCC2CCCC2)cc1F. The fourth-order valence-electron chi connectivity index (χ4n) is 3.51. The third kappa shape index (κ3) is 5.49. The molecule has 4 rings (SSSR count). The minimum Gasteiger partial charge on any atom is -0.492 e. The molecule has 0 atom stereocenters. The number of hydrogen-bond donors (Lipinski definition) is 1. The van der Waals surface area contributed by atoms with Crippen molar-refractivity contribution in [3.8, 4) is 11.5 Å². The average Bonchev–Trinajstić information content (AvgIpc) is 3.38. The number of rotatable bonds is 8. The van der Waals surface area contributed by atoms with Crippen LogP contribution in [-0.2, 0) is 10.0 Å². The Labute approximate surface area is 185 Å². The zero-order valence-electron chi connectivity index (χ0n) is 16.8. The summed E-state index contributed by atoms with van der Waals surface area (Å²) >= 11 is 6.15. The van der Waals surface area contributed by atoms with E-state index in [0.717, 1.165) is 50.7 Å². The van der Waals surface area contributed by atoms with E-state index in [1.807, 2.05) is 4.72 Å². The molecule has 0 radical (unpaired) electrons. The Morgan fingerprint density at radius 2 is 1.77 bits per heavy atom. The van der Waals surface area contributed by atoms with Crippen LogP contribution < -0.4 is 14.2 Å². The summed E-state index contributed by atoms with van der Waals surface area (Å²) in [6.45, 7) is 0.430. The van der Waals surface area contributed by atoms with Gasteiger partial charge in [-0.2, -0.15) is 0 Å². The van der Waals surface area contributed by atoms with E-state index in [1.165, 1.54) is 24.3 Å². The standard InChI is InChI=1S/C22H23ClFNO5S/c23-19-11-18(20(24)12-21(19)29-13-14-3-1-2-4-14)22(26)25-31(27,28)17-9-7-16(8-10-17)30-15-5-6-15/h7-12,14-15H,1-6,13H2,(H,25,26). The normalized spacial score (nSPS) is 16.8. The Kier molecular flexibility index (Phi) is 6.39. The fraction of sp³-hybridized carbons (Fsp3) is 0.409. The Balaban J connectivity index is 1.43. The minimum atomic E-state index is -4.19. The van der Waals surface area contributed by atoms with Crippen LogP contribution in [0.15, 0.2) is 41.3 Å². The molecule has 166 valence electrons. The number of nitrogens with one attached hydrogen (secondary N) is 1. The van der Waals surface area contributed by atoms with Crippen molar-refractivity contribution in [1.29, 1.82) is 0 Å². The maximum absolute atomic E-state index is 14.5. The van der Waals surface area contributed by atoms with Crippen LogP contribution in [0.1, 0.15) is 48.9 Å². The first kappa shape index (κ1) is 21.9. The van der Waals surface area contributed by atoms with Crippen molar-refractivity contribution in [2.75, 3.05) is 6.61 Å². The van der Waals surface area contributed by atoms with Crippen LogP contribution in [-0.4, -0.2) is 27.0 Å². The molecule has 0 aliphatic heterocycles. The summed E-state index contributed by atoms with van der Waals surface area (Å²) in [7, 11) is -4.19. The monoisotopic (exact) mass is 467 g/mol. The highest BCUT2D eigenvalue weighted by molar-refractivity contribution is 7.90. The lowest BCUT2D eigenvalue weighted by Gasteiger charge is -2.14. The van der Waals surface area contributed by atoms with Gasteiger partial charge in [-0.05, 0) is 61.9 Å². The summed E-state index contributed by atoms with van der Waals surface area (Å²) in [5.74, 6) is -0.921. The predicted octanol–water partition coefficient (Wildman–Crippen LogP) is 4.71. The van der Waals surface area contributed by atoms with Gasteiger partial charge in [-0.15, -0.1) is 0 Å². The maximum Gasteiger partial charge on any atom is 0.268 e. The van der Waals surface area contributed by atoms with E-state index < -0.39 is 27.3 Å². The number of carbonyl (C=O) groups excluding carboxylic acids is 1. The van der Waals surface area contributed by atoms with Crippen molar-refractivity contribution in [3.05, 3.63) is 52.8 Å². The molecule has 2 aromatic rings. The van der Waals surface area contributed by atoms with E-state index in [0.29, 0.717) is 18.3 Å². The van der Waals surface area contributed by atoms with Crippen LogP contribution in [0.2, 0.25) is 5.02 Å². The number of benzene rings is 2. The van der Waals surface area contributed by atoms with Crippen LogP contribution in [0.5, 0.6) is 11.5 Å². The Morgan fingerprint density at radius 1 is 1.10 bits per heavy atom. The highest BCUT2D eigenvalue weighted by atomic mass is 35.5. The number of carbonyl (C=O) groups is 1. The number of ether oxygens (including phenoxy) is 2. The first-order valence-corrected chi connectivity index (χ1v) is 12.1. The molecule has 31 heavy (non-hydrogen) atoms. The van der Waals surface area contributed by atoms with Gasteiger partial charge in [0, 0.05) is 6.07 Å². The number of halogens is 2. The average molecular weight is 468 g/mol. The van der Waals surface area contributed by atoms with Gasteiger partial charge < -0.3 is 9.47 Å². The summed E-state index contributed by atoms with van der Waals surface area (Å²) in [5.41, 5.74) is -0.476. The van der Waals surface area contributed by atoms with Crippen LogP contribution >= 0.6 is 11.6 Å². The molecule has 1 amide bonds. The van der Waals surface area contributed by atoms with E-state index in [1.54, 1.807) is 0 Å². The molecule has 2 aliphatic rings. The lowest BCUT2D eigenvalue weighted by Crippen LogP contribution is -2.31. The van der Waals surface area contributed by atoms with Crippen LogP contribution in [0.25, 0.3) is 0 Å². The lowest BCUT2D eigenvalue weighted by atomic mass is 10.1. The highest BCUT2D eigenvalue weighted by Gasteiger charge is 2.25. The molecule has 0 aromatic heterocycles. The number of hydrogen-bond acceptors (Lipinski definition) is 5. The molecule has 9 heteroatoms.